The van der Waals surface area contributed by atoms with Crippen molar-refractivity contribution in [2.45, 2.75) is 39.3 Å². The van der Waals surface area contributed by atoms with Crippen LogP contribution in [0.15, 0.2) is 28.4 Å². The highest BCUT2D eigenvalue weighted by Crippen LogP contribution is 2.27. The predicted octanol–water partition coefficient (Wildman–Crippen LogP) is 3.33. The first-order chi connectivity index (χ1) is 14.1. The molecule has 2 N–H and O–H groups in total. The molecule has 4 rings (SSSR count). The van der Waals surface area contributed by atoms with Gasteiger partial charge in [0.1, 0.15) is 4.83 Å². The number of carbonyl (C=O) groups is 2. The van der Waals surface area contributed by atoms with Gasteiger partial charge in [-0.3, -0.25) is 19.5 Å². The molecule has 0 atom stereocenters. The highest BCUT2D eigenvalue weighted by atomic mass is 79.9. The van der Waals surface area contributed by atoms with Gasteiger partial charge in [-0.15, -0.1) is 11.3 Å². The molecule has 3 aromatic rings. The summed E-state index contributed by atoms with van der Waals surface area (Å²) in [7, 11) is 0. The second kappa shape index (κ2) is 7.75. The van der Waals surface area contributed by atoms with Crippen LogP contribution in [0.25, 0.3) is 4.83 Å². The number of hydrogen-bond donors (Lipinski definition) is 2. The van der Waals surface area contributed by atoms with E-state index in [0.717, 1.165) is 21.7 Å². The molecule has 2 amide bonds. The Hall–Kier alpha value is -2.30. The van der Waals surface area contributed by atoms with Crippen LogP contribution in [-0.2, 0) is 0 Å². The maximum absolute atomic E-state index is 12.8. The normalized spacial score (nSPS) is 15.2. The maximum Gasteiger partial charge on any atom is 0.260 e. The summed E-state index contributed by atoms with van der Waals surface area (Å²) in [5, 5.41) is 10.1. The van der Waals surface area contributed by atoms with E-state index in [2.05, 4.69) is 62.3 Å². The van der Waals surface area contributed by atoms with E-state index in [1.807, 2.05) is 0 Å². The number of aryl methyl sites for hydroxylation is 1. The van der Waals surface area contributed by atoms with Crippen LogP contribution in [0.4, 0.5) is 5.69 Å². The van der Waals surface area contributed by atoms with Crippen molar-refractivity contribution in [2.75, 3.05) is 18.4 Å². The summed E-state index contributed by atoms with van der Waals surface area (Å²) in [5.74, 6) is -0.478. The third kappa shape index (κ3) is 4.12. The highest BCUT2D eigenvalue weighted by molar-refractivity contribution is 9.11. The number of amides is 2. The van der Waals surface area contributed by atoms with Crippen LogP contribution < -0.4 is 10.6 Å². The van der Waals surface area contributed by atoms with Crippen LogP contribution in [-0.4, -0.2) is 56.0 Å². The monoisotopic (exact) mass is 490 g/mol. The average molecular weight is 491 g/mol. The third-order valence-electron chi connectivity index (χ3n) is 5.18. The zero-order valence-corrected chi connectivity index (χ0v) is 19.6. The van der Waals surface area contributed by atoms with E-state index in [4.69, 9.17) is 0 Å². The summed E-state index contributed by atoms with van der Waals surface area (Å²) in [6, 6.07) is 1.79. The van der Waals surface area contributed by atoms with Crippen LogP contribution in [0.3, 0.4) is 0 Å². The fourth-order valence-corrected chi connectivity index (χ4v) is 4.72. The predicted molar refractivity (Wildman–Crippen MR) is 120 cm³/mol. The molecule has 1 saturated heterocycles. The molecule has 0 radical (unpaired) electrons. The number of anilines is 1. The Balaban J connectivity index is 1.45. The SMILES string of the molecule is Cc1ncc(C(=O)NC2CN(C(C)(C)C)C2)cc1NC(=O)c1cnn2cc(Br)sc12. The van der Waals surface area contributed by atoms with Gasteiger partial charge < -0.3 is 10.6 Å². The van der Waals surface area contributed by atoms with Crippen molar-refractivity contribution in [3.8, 4) is 0 Å². The molecule has 0 spiro atoms. The molecule has 0 aliphatic carbocycles. The van der Waals surface area contributed by atoms with Gasteiger partial charge in [-0.2, -0.15) is 5.10 Å². The smallest absolute Gasteiger partial charge is 0.260 e. The summed E-state index contributed by atoms with van der Waals surface area (Å²) in [5.41, 5.74) is 2.13. The Kier molecular flexibility index (Phi) is 5.41. The minimum Gasteiger partial charge on any atom is -0.347 e. The number of pyridine rings is 1. The number of aromatic nitrogens is 3. The van der Waals surface area contributed by atoms with Crippen LogP contribution in [0.1, 0.15) is 47.2 Å². The number of nitrogens with zero attached hydrogens (tertiary/aromatic N) is 4. The molecule has 3 aromatic heterocycles. The molecule has 0 unspecified atom stereocenters. The first kappa shape index (κ1) is 21.0. The first-order valence-corrected chi connectivity index (χ1v) is 11.2. The van der Waals surface area contributed by atoms with E-state index < -0.39 is 0 Å². The van der Waals surface area contributed by atoms with Crippen molar-refractivity contribution < 1.29 is 9.59 Å². The molecule has 0 saturated carbocycles. The molecule has 0 bridgehead atoms. The molecule has 158 valence electrons. The van der Waals surface area contributed by atoms with Crippen molar-refractivity contribution >= 4 is 49.6 Å². The lowest BCUT2D eigenvalue weighted by atomic mass is 9.97. The molecule has 10 heteroatoms. The summed E-state index contributed by atoms with van der Waals surface area (Å²) in [6.07, 6.45) is 4.87. The van der Waals surface area contributed by atoms with Gasteiger partial charge in [-0.1, -0.05) is 0 Å². The highest BCUT2D eigenvalue weighted by Gasteiger charge is 2.35. The number of hydrogen-bond acceptors (Lipinski definition) is 6. The number of fused-ring (bicyclic) bond motifs is 1. The first-order valence-electron chi connectivity index (χ1n) is 9.58. The fraction of sp³-hybridized carbons (Fsp3) is 0.400. The zero-order chi connectivity index (χ0) is 21.6. The van der Waals surface area contributed by atoms with E-state index in [1.165, 1.54) is 23.7 Å². The molecule has 30 heavy (non-hydrogen) atoms. The van der Waals surface area contributed by atoms with Gasteiger partial charge >= 0.3 is 0 Å². The summed E-state index contributed by atoms with van der Waals surface area (Å²) in [6.45, 7) is 9.92. The number of carbonyl (C=O) groups excluding carboxylic acids is 2. The molecule has 8 nitrogen and oxygen atoms in total. The molecule has 0 aromatic carbocycles. The Labute approximate surface area is 186 Å². The van der Waals surface area contributed by atoms with Gasteiger partial charge in [0.2, 0.25) is 0 Å². The van der Waals surface area contributed by atoms with Gasteiger partial charge in [0.25, 0.3) is 11.8 Å². The van der Waals surface area contributed by atoms with Gasteiger partial charge in [0, 0.05) is 24.8 Å². The van der Waals surface area contributed by atoms with Crippen LogP contribution >= 0.6 is 27.3 Å². The number of likely N-dealkylation sites (tertiary alicyclic amines) is 1. The van der Waals surface area contributed by atoms with Crippen molar-refractivity contribution in [2.24, 2.45) is 0 Å². The van der Waals surface area contributed by atoms with E-state index in [-0.39, 0.29) is 23.4 Å². The van der Waals surface area contributed by atoms with Crippen molar-refractivity contribution in [1.29, 1.82) is 0 Å². The lowest BCUT2D eigenvalue weighted by Crippen LogP contribution is -2.64. The molecule has 1 aliphatic rings. The summed E-state index contributed by atoms with van der Waals surface area (Å²) >= 11 is 4.83. The lowest BCUT2D eigenvalue weighted by Gasteiger charge is -2.47. The Morgan fingerprint density at radius 3 is 2.67 bits per heavy atom. The molecular weight excluding hydrogens is 468 g/mol. The molecular formula is C20H23BrN6O2S. The van der Waals surface area contributed by atoms with Crippen LogP contribution in [0.2, 0.25) is 0 Å². The van der Waals surface area contributed by atoms with Gasteiger partial charge in [-0.05, 0) is 49.7 Å². The van der Waals surface area contributed by atoms with Gasteiger partial charge in [0.15, 0.2) is 0 Å². The van der Waals surface area contributed by atoms with E-state index >= 15 is 0 Å². The summed E-state index contributed by atoms with van der Waals surface area (Å²) < 4.78 is 2.54. The standard InChI is InChI=1S/C20H23BrN6O2S/c1-11-15(25-18(29)14-7-23-27-10-16(21)30-19(14)27)5-12(6-22-11)17(28)24-13-8-26(9-13)20(2,3)4/h5-7,10,13H,8-9H2,1-4H3,(H,24,28)(H,25,29). The van der Waals surface area contributed by atoms with Crippen molar-refractivity contribution in [1.82, 2.24) is 24.8 Å². The largest absolute Gasteiger partial charge is 0.347 e. The lowest BCUT2D eigenvalue weighted by molar-refractivity contribution is 0.0331. The second-order valence-corrected chi connectivity index (χ2v) is 10.8. The number of rotatable bonds is 4. The Morgan fingerprint density at radius 2 is 1.97 bits per heavy atom. The van der Waals surface area contributed by atoms with Crippen LogP contribution in [0, 0.1) is 6.92 Å². The minimum atomic E-state index is -0.290. The van der Waals surface area contributed by atoms with E-state index in [1.54, 1.807) is 23.7 Å². The fourth-order valence-electron chi connectivity index (χ4n) is 3.28. The topological polar surface area (TPSA) is 91.6 Å². The van der Waals surface area contributed by atoms with E-state index in [9.17, 15) is 9.59 Å². The number of nitrogens with one attached hydrogen (secondary N) is 2. The van der Waals surface area contributed by atoms with Crippen molar-refractivity contribution in [3.63, 3.8) is 0 Å². The van der Waals surface area contributed by atoms with Crippen LogP contribution in [0.5, 0.6) is 0 Å². The van der Waals surface area contributed by atoms with Gasteiger partial charge in [0.05, 0.1) is 44.7 Å². The van der Waals surface area contributed by atoms with Gasteiger partial charge in [-0.25, -0.2) is 4.52 Å². The third-order valence-corrected chi connectivity index (χ3v) is 6.77. The molecule has 1 fully saturated rings. The maximum atomic E-state index is 12.8. The zero-order valence-electron chi connectivity index (χ0n) is 17.2. The minimum absolute atomic E-state index is 0.0988. The number of thiazole rings is 1. The molecule has 4 heterocycles. The van der Waals surface area contributed by atoms with E-state index in [0.29, 0.717) is 22.5 Å². The molecule has 1 aliphatic heterocycles. The van der Waals surface area contributed by atoms with Crippen molar-refractivity contribution in [3.05, 3.63) is 45.3 Å². The Bertz CT molecular complexity index is 1130. The summed E-state index contributed by atoms with van der Waals surface area (Å²) in [4.78, 5) is 32.8. The quantitative estimate of drug-likeness (QED) is 0.585. The Morgan fingerprint density at radius 1 is 1.23 bits per heavy atom. The average Bonchev–Trinajstić information content (AvgIpc) is 3.17. The number of halogens is 1. The second-order valence-electron chi connectivity index (χ2n) is 8.40.